The maximum absolute atomic E-state index is 5.29. The van der Waals surface area contributed by atoms with Gasteiger partial charge in [0.1, 0.15) is 5.75 Å². The summed E-state index contributed by atoms with van der Waals surface area (Å²) >= 11 is 3.37. The van der Waals surface area contributed by atoms with Gasteiger partial charge in [-0.15, -0.1) is 0 Å². The third-order valence-corrected chi connectivity index (χ3v) is 1.79. The van der Waals surface area contributed by atoms with Crippen molar-refractivity contribution < 1.29 is 18.9 Å². The van der Waals surface area contributed by atoms with Crippen LogP contribution in [0.2, 0.25) is 0 Å². The monoisotopic (exact) mass is 260 g/mol. The van der Waals surface area contributed by atoms with E-state index in [1.54, 1.807) is 0 Å². The lowest BCUT2D eigenvalue weighted by Crippen LogP contribution is -1.91. The van der Waals surface area contributed by atoms with E-state index in [1.165, 1.54) is 0 Å². The molecule has 5 heteroatoms. The van der Waals surface area contributed by atoms with Gasteiger partial charge in [-0.3, -0.25) is 14.1 Å². The topological polar surface area (TPSA) is 9.23 Å². The molecule has 0 bridgehead atoms. The second-order valence-electron chi connectivity index (χ2n) is 1.86. The Bertz CT molecular complexity index is 220. The molecule has 13 heavy (non-hydrogen) atoms. The van der Waals surface area contributed by atoms with Crippen molar-refractivity contribution in [3.63, 3.8) is 0 Å². The lowest BCUT2D eigenvalue weighted by molar-refractivity contribution is 0.338. The normalized spacial score (nSPS) is 7.23. The summed E-state index contributed by atoms with van der Waals surface area (Å²) in [5, 5.41) is 0. The molecular weight excluding hydrogens is 249 g/mol. The number of ether oxygens (including phenoxy) is 1. The molecule has 0 aliphatic carbocycles. The minimum Gasteiger partial charge on any atom is -0.493 e. The molecule has 0 amide bonds. The average molecular weight is 261 g/mol. The Hall–Kier alpha value is -0.710. The zero-order chi connectivity index (χ0) is 7.40. The number of hydrogen-bond donors (Lipinski definition) is 0. The average Bonchev–Trinajstić information content (AvgIpc) is 1.94. The molecule has 0 saturated heterocycles. The van der Waals surface area contributed by atoms with Gasteiger partial charge in [-0.1, -0.05) is 12.1 Å². The standard InChI is InChI=1S/C8H9BrO.3FH/c1-2-10-8-6-4-3-5-7(8)9;;;/h3-6H,2H2,1H3;3*1H. The molecule has 0 unspecified atom stereocenters. The van der Waals surface area contributed by atoms with Gasteiger partial charge in [0.2, 0.25) is 0 Å². The molecule has 0 spiro atoms. The molecule has 0 fully saturated rings. The Morgan fingerprint density at radius 1 is 1.15 bits per heavy atom. The highest BCUT2D eigenvalue weighted by molar-refractivity contribution is 9.10. The van der Waals surface area contributed by atoms with Gasteiger partial charge in [0, 0.05) is 0 Å². The van der Waals surface area contributed by atoms with Gasteiger partial charge in [0.15, 0.2) is 0 Å². The molecule has 0 radical (unpaired) electrons. The number of rotatable bonds is 2. The Morgan fingerprint density at radius 2 is 1.69 bits per heavy atom. The summed E-state index contributed by atoms with van der Waals surface area (Å²) in [6.07, 6.45) is 0. The second kappa shape index (κ2) is 9.38. The van der Waals surface area contributed by atoms with Crippen LogP contribution in [0.5, 0.6) is 5.75 Å². The van der Waals surface area contributed by atoms with Crippen molar-refractivity contribution >= 4 is 15.9 Å². The van der Waals surface area contributed by atoms with E-state index in [0.717, 1.165) is 10.2 Å². The minimum atomic E-state index is 0. The molecule has 0 saturated carbocycles. The maximum Gasteiger partial charge on any atom is 0.133 e. The van der Waals surface area contributed by atoms with Crippen LogP contribution in [0.25, 0.3) is 0 Å². The summed E-state index contributed by atoms with van der Waals surface area (Å²) in [6, 6.07) is 7.82. The van der Waals surface area contributed by atoms with E-state index in [4.69, 9.17) is 4.74 Å². The molecule has 0 heterocycles. The highest BCUT2D eigenvalue weighted by Crippen LogP contribution is 2.23. The minimum absolute atomic E-state index is 0. The zero-order valence-electron chi connectivity index (χ0n) is 7.03. The van der Waals surface area contributed by atoms with Crippen LogP contribution < -0.4 is 4.74 Å². The maximum atomic E-state index is 5.29. The van der Waals surface area contributed by atoms with E-state index in [2.05, 4.69) is 15.9 Å². The smallest absolute Gasteiger partial charge is 0.133 e. The van der Waals surface area contributed by atoms with Crippen molar-refractivity contribution in [3.05, 3.63) is 28.7 Å². The third-order valence-electron chi connectivity index (χ3n) is 1.14. The number of halogens is 4. The molecule has 1 aromatic rings. The van der Waals surface area contributed by atoms with Crippen molar-refractivity contribution in [1.82, 2.24) is 0 Å². The molecular formula is C8H12BrF3O. The fourth-order valence-electron chi connectivity index (χ4n) is 0.717. The Morgan fingerprint density at radius 3 is 2.15 bits per heavy atom. The first kappa shape index (κ1) is 18.2. The number of para-hydroxylation sites is 1. The molecule has 0 aliphatic heterocycles. The van der Waals surface area contributed by atoms with Crippen LogP contribution in [0.1, 0.15) is 6.92 Å². The largest absolute Gasteiger partial charge is 0.493 e. The van der Waals surface area contributed by atoms with Crippen LogP contribution in [0.15, 0.2) is 28.7 Å². The molecule has 0 N–H and O–H groups in total. The molecule has 78 valence electrons. The van der Waals surface area contributed by atoms with E-state index in [-0.39, 0.29) is 14.1 Å². The lowest BCUT2D eigenvalue weighted by Gasteiger charge is -2.03. The predicted octanol–water partition coefficient (Wildman–Crippen LogP) is 3.31. The van der Waals surface area contributed by atoms with E-state index < -0.39 is 0 Å². The summed E-state index contributed by atoms with van der Waals surface area (Å²) in [6.45, 7) is 2.68. The highest BCUT2D eigenvalue weighted by atomic mass is 79.9. The molecule has 1 rings (SSSR count). The first-order chi connectivity index (χ1) is 4.84. The second-order valence-corrected chi connectivity index (χ2v) is 2.72. The van der Waals surface area contributed by atoms with Gasteiger partial charge in [-0.05, 0) is 35.0 Å². The molecule has 0 aromatic heterocycles. The van der Waals surface area contributed by atoms with Crippen LogP contribution in [-0.4, -0.2) is 6.61 Å². The van der Waals surface area contributed by atoms with Crippen molar-refractivity contribution in [1.29, 1.82) is 0 Å². The summed E-state index contributed by atoms with van der Waals surface area (Å²) in [7, 11) is 0. The van der Waals surface area contributed by atoms with Gasteiger partial charge in [-0.25, -0.2) is 0 Å². The Kier molecular flexibility index (Phi) is 13.1. The van der Waals surface area contributed by atoms with Gasteiger partial charge >= 0.3 is 0 Å². The van der Waals surface area contributed by atoms with Crippen molar-refractivity contribution in [3.8, 4) is 5.75 Å². The summed E-state index contributed by atoms with van der Waals surface area (Å²) in [5.74, 6) is 0.907. The molecule has 1 aromatic carbocycles. The zero-order valence-corrected chi connectivity index (χ0v) is 8.61. The van der Waals surface area contributed by atoms with Gasteiger partial charge < -0.3 is 4.74 Å². The van der Waals surface area contributed by atoms with E-state index in [1.807, 2.05) is 31.2 Å². The van der Waals surface area contributed by atoms with Crippen LogP contribution in [0.4, 0.5) is 14.1 Å². The predicted molar refractivity (Wildman–Crippen MR) is 52.8 cm³/mol. The fraction of sp³-hybridized carbons (Fsp3) is 0.250. The van der Waals surface area contributed by atoms with Crippen molar-refractivity contribution in [2.24, 2.45) is 0 Å². The van der Waals surface area contributed by atoms with Gasteiger partial charge in [0.25, 0.3) is 0 Å². The molecule has 0 aliphatic rings. The van der Waals surface area contributed by atoms with Crippen molar-refractivity contribution in [2.45, 2.75) is 6.92 Å². The molecule has 1 nitrogen and oxygen atoms in total. The first-order valence-electron chi connectivity index (χ1n) is 3.22. The van der Waals surface area contributed by atoms with E-state index in [0.29, 0.717) is 6.61 Å². The van der Waals surface area contributed by atoms with Gasteiger partial charge in [0.05, 0.1) is 11.1 Å². The third kappa shape index (κ3) is 5.52. The quantitative estimate of drug-likeness (QED) is 0.793. The Labute approximate surface area is 83.3 Å². The first-order valence-corrected chi connectivity index (χ1v) is 4.01. The summed E-state index contributed by atoms with van der Waals surface area (Å²) < 4.78 is 6.30. The van der Waals surface area contributed by atoms with Gasteiger partial charge in [-0.2, -0.15) is 0 Å². The Balaban J connectivity index is -0.000000333. The number of benzene rings is 1. The SMILES string of the molecule is CCOc1ccccc1Br.F.F.F. The van der Waals surface area contributed by atoms with Crippen LogP contribution >= 0.6 is 15.9 Å². The highest BCUT2D eigenvalue weighted by Gasteiger charge is 1.94. The number of hydrogen-bond acceptors (Lipinski definition) is 1. The van der Waals surface area contributed by atoms with Crippen LogP contribution in [-0.2, 0) is 0 Å². The van der Waals surface area contributed by atoms with Crippen LogP contribution in [0, 0.1) is 0 Å². The lowest BCUT2D eigenvalue weighted by atomic mass is 10.3. The molecule has 0 atom stereocenters. The summed E-state index contributed by atoms with van der Waals surface area (Å²) in [4.78, 5) is 0. The summed E-state index contributed by atoms with van der Waals surface area (Å²) in [5.41, 5.74) is 0. The fourth-order valence-corrected chi connectivity index (χ4v) is 1.12. The van der Waals surface area contributed by atoms with E-state index >= 15 is 0 Å². The van der Waals surface area contributed by atoms with E-state index in [9.17, 15) is 0 Å². The van der Waals surface area contributed by atoms with Crippen molar-refractivity contribution in [2.75, 3.05) is 6.61 Å². The van der Waals surface area contributed by atoms with Crippen LogP contribution in [0.3, 0.4) is 0 Å².